The second kappa shape index (κ2) is 12.5. The van der Waals surface area contributed by atoms with Crippen molar-refractivity contribution < 1.29 is 27.4 Å². The molecule has 2 aromatic carbocycles. The van der Waals surface area contributed by atoms with E-state index < -0.39 is 15.4 Å². The van der Waals surface area contributed by atoms with Gasteiger partial charge in [-0.2, -0.15) is 4.31 Å². The summed E-state index contributed by atoms with van der Waals surface area (Å²) in [6.45, 7) is 4.00. The molecule has 39 heavy (non-hydrogen) atoms. The molecule has 8 nitrogen and oxygen atoms in total. The van der Waals surface area contributed by atoms with Crippen LogP contribution in [0.4, 0.5) is 0 Å². The molecule has 2 heterocycles. The number of likely N-dealkylation sites (tertiary alicyclic amines) is 1. The number of rotatable bonds is 9. The van der Waals surface area contributed by atoms with Crippen LogP contribution < -0.4 is 14.2 Å². The SMILES string of the molecule is COc1cc(OC)c(S(=O)(=O)N2CCCC(COc3ccc(Cl)c(C)c3)(CC(=O)N3CCCCC3)C2)cc1Cl. The van der Waals surface area contributed by atoms with E-state index >= 15 is 0 Å². The van der Waals surface area contributed by atoms with E-state index in [1.807, 2.05) is 17.9 Å². The summed E-state index contributed by atoms with van der Waals surface area (Å²) in [5.74, 6) is 1.13. The minimum Gasteiger partial charge on any atom is -0.495 e. The zero-order valence-corrected chi connectivity index (χ0v) is 25.0. The first kappa shape index (κ1) is 29.8. The van der Waals surface area contributed by atoms with Gasteiger partial charge in [-0.1, -0.05) is 23.2 Å². The first-order valence-electron chi connectivity index (χ1n) is 13.2. The van der Waals surface area contributed by atoms with Gasteiger partial charge in [-0.15, -0.1) is 0 Å². The summed E-state index contributed by atoms with van der Waals surface area (Å²) in [6, 6.07) is 8.24. The van der Waals surface area contributed by atoms with E-state index in [0.717, 1.165) is 37.9 Å². The van der Waals surface area contributed by atoms with E-state index in [0.29, 0.717) is 35.9 Å². The maximum Gasteiger partial charge on any atom is 0.246 e. The number of amides is 1. The Bertz CT molecular complexity index is 1300. The highest BCUT2D eigenvalue weighted by Gasteiger charge is 2.44. The molecule has 214 valence electrons. The first-order chi connectivity index (χ1) is 18.6. The van der Waals surface area contributed by atoms with Gasteiger partial charge < -0.3 is 19.1 Å². The van der Waals surface area contributed by atoms with Gasteiger partial charge in [0.15, 0.2) is 0 Å². The summed E-state index contributed by atoms with van der Waals surface area (Å²) < 4.78 is 46.2. The smallest absolute Gasteiger partial charge is 0.246 e. The number of sulfonamides is 1. The Hall–Kier alpha value is -2.20. The molecule has 2 saturated heterocycles. The summed E-state index contributed by atoms with van der Waals surface area (Å²) in [7, 11) is -1.15. The lowest BCUT2D eigenvalue weighted by Gasteiger charge is -2.42. The standard InChI is InChI=1S/C28H36Cl2N2O6S/c1-20-14-21(8-9-22(20)29)38-19-28(17-27(33)31-11-5-4-6-12-31)10-7-13-32(18-28)39(34,35)26-15-23(30)24(36-2)16-25(26)37-3/h8-9,14-16H,4-7,10-13,17-19H2,1-3H3. The van der Waals surface area contributed by atoms with Crippen molar-refractivity contribution >= 4 is 39.1 Å². The highest BCUT2D eigenvalue weighted by atomic mass is 35.5. The molecule has 1 amide bonds. The molecule has 1 atom stereocenters. The Morgan fingerprint density at radius 2 is 1.67 bits per heavy atom. The van der Waals surface area contributed by atoms with Crippen LogP contribution in [0.2, 0.25) is 10.0 Å². The lowest BCUT2D eigenvalue weighted by Crippen LogP contribution is -2.51. The Kier molecular flexibility index (Phi) is 9.57. The fourth-order valence-corrected chi connectivity index (χ4v) is 7.55. The van der Waals surface area contributed by atoms with Crippen molar-refractivity contribution in [2.45, 2.75) is 50.3 Å². The van der Waals surface area contributed by atoms with Crippen LogP contribution in [0.3, 0.4) is 0 Å². The quantitative estimate of drug-likeness (QED) is 0.375. The van der Waals surface area contributed by atoms with Gasteiger partial charge in [0.25, 0.3) is 0 Å². The van der Waals surface area contributed by atoms with Crippen molar-refractivity contribution in [3.8, 4) is 17.2 Å². The number of methoxy groups -OCH3 is 2. The number of halogens is 2. The van der Waals surface area contributed by atoms with E-state index in [1.165, 1.54) is 30.7 Å². The molecule has 0 spiro atoms. The maximum absolute atomic E-state index is 13.9. The third-order valence-corrected chi connectivity index (χ3v) is 10.2. The van der Waals surface area contributed by atoms with Gasteiger partial charge in [0, 0.05) is 49.1 Å². The molecule has 11 heteroatoms. The Balaban J connectivity index is 1.64. The molecule has 0 aromatic heterocycles. The Morgan fingerprint density at radius 3 is 2.33 bits per heavy atom. The fourth-order valence-electron chi connectivity index (χ4n) is 5.37. The van der Waals surface area contributed by atoms with Crippen LogP contribution in [0.5, 0.6) is 17.2 Å². The van der Waals surface area contributed by atoms with Gasteiger partial charge in [-0.25, -0.2) is 8.42 Å². The van der Waals surface area contributed by atoms with Gasteiger partial charge in [0.1, 0.15) is 22.1 Å². The van der Waals surface area contributed by atoms with Gasteiger partial charge in [0.05, 0.1) is 25.8 Å². The summed E-state index contributed by atoms with van der Waals surface area (Å²) >= 11 is 12.5. The van der Waals surface area contributed by atoms with Crippen molar-refractivity contribution in [2.24, 2.45) is 5.41 Å². The van der Waals surface area contributed by atoms with E-state index in [2.05, 4.69) is 0 Å². The third kappa shape index (κ3) is 6.76. The number of carbonyl (C=O) groups is 1. The largest absolute Gasteiger partial charge is 0.495 e. The van der Waals surface area contributed by atoms with Gasteiger partial charge in [-0.3, -0.25) is 4.79 Å². The summed E-state index contributed by atoms with van der Waals surface area (Å²) in [4.78, 5) is 15.3. The highest BCUT2D eigenvalue weighted by Crippen LogP contribution is 2.41. The van der Waals surface area contributed by atoms with E-state index in [1.54, 1.807) is 12.1 Å². The third-order valence-electron chi connectivity index (χ3n) is 7.59. The molecule has 0 aliphatic carbocycles. The molecule has 2 aliphatic heterocycles. The lowest BCUT2D eigenvalue weighted by molar-refractivity contribution is -0.136. The zero-order valence-electron chi connectivity index (χ0n) is 22.7. The van der Waals surface area contributed by atoms with Crippen LogP contribution in [-0.2, 0) is 14.8 Å². The summed E-state index contributed by atoms with van der Waals surface area (Å²) in [5, 5.41) is 0.807. The summed E-state index contributed by atoms with van der Waals surface area (Å²) in [6.07, 6.45) is 4.53. The highest BCUT2D eigenvalue weighted by molar-refractivity contribution is 7.89. The second-order valence-corrected chi connectivity index (χ2v) is 13.1. The van der Waals surface area contributed by atoms with Crippen molar-refractivity contribution in [1.29, 1.82) is 0 Å². The van der Waals surface area contributed by atoms with Crippen molar-refractivity contribution in [3.05, 3.63) is 45.9 Å². The van der Waals surface area contributed by atoms with Crippen molar-refractivity contribution in [3.63, 3.8) is 0 Å². The number of benzene rings is 2. The maximum atomic E-state index is 13.9. The predicted molar refractivity (Wildman–Crippen MR) is 152 cm³/mol. The molecule has 4 rings (SSSR count). The number of nitrogens with zero attached hydrogens (tertiary/aromatic N) is 2. The van der Waals surface area contributed by atoms with E-state index in [-0.39, 0.29) is 41.1 Å². The van der Waals surface area contributed by atoms with Gasteiger partial charge in [0.2, 0.25) is 15.9 Å². The average Bonchev–Trinajstić information content (AvgIpc) is 2.94. The monoisotopic (exact) mass is 598 g/mol. The molecule has 0 saturated carbocycles. The van der Waals surface area contributed by atoms with Crippen molar-refractivity contribution in [1.82, 2.24) is 9.21 Å². The number of ether oxygens (including phenoxy) is 3. The Morgan fingerprint density at radius 1 is 0.949 bits per heavy atom. The van der Waals surface area contributed by atoms with Gasteiger partial charge in [-0.05, 0) is 68.9 Å². The number of aryl methyl sites for hydroxylation is 1. The molecule has 0 bridgehead atoms. The van der Waals surface area contributed by atoms with Crippen LogP contribution in [-0.4, -0.2) is 70.5 Å². The molecule has 2 fully saturated rings. The molecule has 0 N–H and O–H groups in total. The number of hydrogen-bond donors (Lipinski definition) is 0. The second-order valence-electron chi connectivity index (χ2n) is 10.4. The average molecular weight is 600 g/mol. The minimum atomic E-state index is -4.01. The van der Waals surface area contributed by atoms with E-state index in [4.69, 9.17) is 37.4 Å². The fraction of sp³-hybridized carbons (Fsp3) is 0.536. The first-order valence-corrected chi connectivity index (χ1v) is 15.4. The molecule has 1 unspecified atom stereocenters. The van der Waals surface area contributed by atoms with Crippen LogP contribution >= 0.6 is 23.2 Å². The molecular formula is C28H36Cl2N2O6S. The molecule has 0 radical (unpaired) electrons. The Labute approximate surface area is 241 Å². The number of carbonyl (C=O) groups excluding carboxylic acids is 1. The van der Waals surface area contributed by atoms with Crippen LogP contribution in [0, 0.1) is 12.3 Å². The number of hydrogen-bond acceptors (Lipinski definition) is 6. The normalized spacial score (nSPS) is 20.5. The zero-order chi connectivity index (χ0) is 28.2. The van der Waals surface area contributed by atoms with Crippen LogP contribution in [0.1, 0.15) is 44.1 Å². The molecule has 2 aliphatic rings. The van der Waals surface area contributed by atoms with Gasteiger partial charge >= 0.3 is 0 Å². The lowest BCUT2D eigenvalue weighted by atomic mass is 9.78. The van der Waals surface area contributed by atoms with Crippen molar-refractivity contribution in [2.75, 3.05) is 47.0 Å². The summed E-state index contributed by atoms with van der Waals surface area (Å²) in [5.41, 5.74) is 0.167. The predicted octanol–water partition coefficient (Wildman–Crippen LogP) is 5.57. The molecular weight excluding hydrogens is 563 g/mol. The van der Waals surface area contributed by atoms with Crippen LogP contribution in [0.15, 0.2) is 35.2 Å². The number of piperidine rings is 2. The molecule has 2 aromatic rings. The topological polar surface area (TPSA) is 85.4 Å². The van der Waals surface area contributed by atoms with E-state index in [9.17, 15) is 13.2 Å². The van der Waals surface area contributed by atoms with Crippen LogP contribution in [0.25, 0.3) is 0 Å². The minimum absolute atomic E-state index is 0.0370.